The van der Waals surface area contributed by atoms with Gasteiger partial charge in [0, 0.05) is 5.02 Å². The van der Waals surface area contributed by atoms with Gasteiger partial charge in [0.1, 0.15) is 0 Å². The summed E-state index contributed by atoms with van der Waals surface area (Å²) in [6, 6.07) is 6.85. The van der Waals surface area contributed by atoms with Crippen LogP contribution in [0.2, 0.25) is 5.02 Å². The van der Waals surface area contributed by atoms with Gasteiger partial charge in [0.25, 0.3) is 0 Å². The first-order chi connectivity index (χ1) is 11.5. The van der Waals surface area contributed by atoms with Crippen LogP contribution >= 0.6 is 11.6 Å². The number of carbonyl (C=O) groups is 3. The molecule has 2 fully saturated rings. The smallest absolute Gasteiger partial charge is 0.307 e. The summed E-state index contributed by atoms with van der Waals surface area (Å²) in [5.41, 5.74) is 5.55. The molecule has 3 N–H and O–H groups in total. The summed E-state index contributed by atoms with van der Waals surface area (Å²) in [5.74, 6) is -2.71. The van der Waals surface area contributed by atoms with Crippen LogP contribution in [-0.4, -0.2) is 22.9 Å². The molecule has 3 rings (SSSR count). The summed E-state index contributed by atoms with van der Waals surface area (Å²) < 4.78 is 0. The van der Waals surface area contributed by atoms with E-state index < -0.39 is 23.7 Å². The van der Waals surface area contributed by atoms with Crippen LogP contribution in [-0.2, 0) is 20.8 Å². The maximum absolute atomic E-state index is 12.3. The third-order valence-electron chi connectivity index (χ3n) is 5.11. The number of carboxylic acids is 1. The Morgan fingerprint density at radius 2 is 1.67 bits per heavy atom. The molecule has 2 amide bonds. The van der Waals surface area contributed by atoms with E-state index in [0.717, 1.165) is 24.8 Å². The van der Waals surface area contributed by atoms with E-state index in [1.54, 1.807) is 24.3 Å². The fourth-order valence-electron chi connectivity index (χ4n) is 4.07. The standard InChI is InChI=1S/C17H19ClN2O4/c18-12-5-1-9(2-6-12)7-13(21)19-20-16(22)14-10-3-4-11(8-10)15(14)17(23)24/h1-2,5-6,10-11,14-15H,3-4,7-8H2,(H,19,21)(H,20,22)(H,23,24)/t10-,11+,14+,15+/m1/s1. The zero-order valence-corrected chi connectivity index (χ0v) is 13.8. The molecule has 2 aliphatic carbocycles. The van der Waals surface area contributed by atoms with Gasteiger partial charge in [0.2, 0.25) is 11.8 Å². The zero-order valence-electron chi connectivity index (χ0n) is 13.0. The summed E-state index contributed by atoms with van der Waals surface area (Å²) in [6.45, 7) is 0. The molecule has 4 atom stereocenters. The number of rotatable bonds is 4. The number of carbonyl (C=O) groups excluding carboxylic acids is 2. The van der Waals surface area contributed by atoms with Crippen LogP contribution in [0.25, 0.3) is 0 Å². The molecule has 24 heavy (non-hydrogen) atoms. The number of hydrogen-bond acceptors (Lipinski definition) is 3. The number of halogens is 1. The number of carboxylic acid groups (broad SMARTS) is 1. The van der Waals surface area contributed by atoms with E-state index >= 15 is 0 Å². The Morgan fingerprint density at radius 3 is 2.29 bits per heavy atom. The Hall–Kier alpha value is -2.08. The SMILES string of the molecule is O=C(Cc1ccc(Cl)cc1)NNC(=O)[C@H]1[C@@H]2CC[C@@H](C2)[C@@H]1C(=O)O. The van der Waals surface area contributed by atoms with E-state index in [4.69, 9.17) is 11.6 Å². The Morgan fingerprint density at radius 1 is 1.04 bits per heavy atom. The lowest BCUT2D eigenvalue weighted by atomic mass is 9.79. The van der Waals surface area contributed by atoms with Gasteiger partial charge in [-0.3, -0.25) is 25.2 Å². The largest absolute Gasteiger partial charge is 0.481 e. The number of hydrazine groups is 1. The maximum atomic E-state index is 12.3. The minimum absolute atomic E-state index is 0.0769. The normalized spacial score (nSPS) is 27.7. The Bertz CT molecular complexity index is 661. The summed E-state index contributed by atoms with van der Waals surface area (Å²) in [7, 11) is 0. The maximum Gasteiger partial charge on any atom is 0.307 e. The average molecular weight is 351 g/mol. The van der Waals surface area contributed by atoms with Gasteiger partial charge in [-0.2, -0.15) is 0 Å². The molecule has 0 saturated heterocycles. The molecule has 0 radical (unpaired) electrons. The summed E-state index contributed by atoms with van der Waals surface area (Å²) in [5, 5.41) is 9.96. The predicted octanol–water partition coefficient (Wildman–Crippen LogP) is 1.78. The van der Waals surface area contributed by atoms with Crippen LogP contribution in [0.3, 0.4) is 0 Å². The van der Waals surface area contributed by atoms with Crippen LogP contribution in [0.1, 0.15) is 24.8 Å². The van der Waals surface area contributed by atoms with Crippen molar-refractivity contribution >= 4 is 29.4 Å². The lowest BCUT2D eigenvalue weighted by Crippen LogP contribution is -2.49. The molecule has 6 nitrogen and oxygen atoms in total. The molecule has 1 aromatic rings. The second-order valence-corrected chi connectivity index (χ2v) is 7.00. The third-order valence-corrected chi connectivity index (χ3v) is 5.36. The second kappa shape index (κ2) is 6.81. The van der Waals surface area contributed by atoms with Crippen molar-refractivity contribution in [3.05, 3.63) is 34.9 Å². The van der Waals surface area contributed by atoms with Crippen molar-refractivity contribution in [3.63, 3.8) is 0 Å². The summed E-state index contributed by atoms with van der Waals surface area (Å²) in [6.07, 6.45) is 2.64. The quantitative estimate of drug-likeness (QED) is 0.721. The number of nitrogens with one attached hydrogen (secondary N) is 2. The molecule has 0 spiro atoms. The second-order valence-electron chi connectivity index (χ2n) is 6.56. The van der Waals surface area contributed by atoms with Gasteiger partial charge in [-0.05, 0) is 48.8 Å². The first-order valence-electron chi connectivity index (χ1n) is 8.01. The van der Waals surface area contributed by atoms with E-state index in [1.165, 1.54) is 0 Å². The van der Waals surface area contributed by atoms with Gasteiger partial charge in [-0.25, -0.2) is 0 Å². The van der Waals surface area contributed by atoms with Gasteiger partial charge in [0.05, 0.1) is 18.3 Å². The van der Waals surface area contributed by atoms with Gasteiger partial charge in [-0.1, -0.05) is 23.7 Å². The summed E-state index contributed by atoms with van der Waals surface area (Å²) in [4.78, 5) is 35.7. The molecule has 128 valence electrons. The highest BCUT2D eigenvalue weighted by atomic mass is 35.5. The van der Waals surface area contributed by atoms with Gasteiger partial charge < -0.3 is 5.11 Å². The van der Waals surface area contributed by atoms with E-state index in [0.29, 0.717) is 5.02 Å². The molecule has 7 heteroatoms. The molecule has 0 heterocycles. The summed E-state index contributed by atoms with van der Waals surface area (Å²) >= 11 is 5.79. The van der Waals surface area contributed by atoms with Crippen LogP contribution in [0.4, 0.5) is 0 Å². The topological polar surface area (TPSA) is 95.5 Å². The van der Waals surface area contributed by atoms with E-state index in [1.807, 2.05) is 0 Å². The van der Waals surface area contributed by atoms with Gasteiger partial charge in [0.15, 0.2) is 0 Å². The van der Waals surface area contributed by atoms with Crippen molar-refractivity contribution in [1.82, 2.24) is 10.9 Å². The van der Waals surface area contributed by atoms with Crippen molar-refractivity contribution in [3.8, 4) is 0 Å². The fourth-order valence-corrected chi connectivity index (χ4v) is 4.20. The van der Waals surface area contributed by atoms with Crippen molar-refractivity contribution in [2.75, 3.05) is 0 Å². The van der Waals surface area contributed by atoms with Crippen LogP contribution in [0.15, 0.2) is 24.3 Å². The Kier molecular flexibility index (Phi) is 4.76. The first-order valence-corrected chi connectivity index (χ1v) is 8.39. The number of hydrogen-bond donors (Lipinski definition) is 3. The third kappa shape index (κ3) is 3.38. The monoisotopic (exact) mass is 350 g/mol. The van der Waals surface area contributed by atoms with Gasteiger partial charge in [-0.15, -0.1) is 0 Å². The minimum atomic E-state index is -0.921. The molecule has 1 aromatic carbocycles. The number of fused-ring (bicyclic) bond motifs is 2. The van der Waals surface area contributed by atoms with Crippen molar-refractivity contribution < 1.29 is 19.5 Å². The molecule has 0 aromatic heterocycles. The van der Waals surface area contributed by atoms with Crippen molar-refractivity contribution in [2.45, 2.75) is 25.7 Å². The number of amides is 2. The van der Waals surface area contributed by atoms with E-state index in [9.17, 15) is 19.5 Å². The Balaban J connectivity index is 1.54. The molecule has 0 aliphatic heterocycles. The van der Waals surface area contributed by atoms with Crippen molar-refractivity contribution in [1.29, 1.82) is 0 Å². The Labute approximate surface area is 144 Å². The average Bonchev–Trinajstić information content (AvgIpc) is 3.15. The molecule has 2 aliphatic rings. The van der Waals surface area contributed by atoms with E-state index in [2.05, 4.69) is 10.9 Å². The number of benzene rings is 1. The molecular weight excluding hydrogens is 332 g/mol. The molecule has 2 bridgehead atoms. The highest BCUT2D eigenvalue weighted by Crippen LogP contribution is 2.52. The number of aliphatic carboxylic acids is 1. The highest BCUT2D eigenvalue weighted by Gasteiger charge is 2.54. The zero-order chi connectivity index (χ0) is 17.3. The lowest BCUT2D eigenvalue weighted by molar-refractivity contribution is -0.149. The first kappa shape index (κ1) is 16.8. The van der Waals surface area contributed by atoms with Crippen LogP contribution < -0.4 is 10.9 Å². The van der Waals surface area contributed by atoms with Gasteiger partial charge >= 0.3 is 5.97 Å². The van der Waals surface area contributed by atoms with Crippen molar-refractivity contribution in [2.24, 2.45) is 23.7 Å². The van der Waals surface area contributed by atoms with Crippen LogP contribution in [0.5, 0.6) is 0 Å². The van der Waals surface area contributed by atoms with E-state index in [-0.39, 0.29) is 24.2 Å². The molecule has 2 saturated carbocycles. The predicted molar refractivity (Wildman–Crippen MR) is 86.9 cm³/mol. The molecule has 0 unspecified atom stereocenters. The lowest BCUT2D eigenvalue weighted by Gasteiger charge is -2.26. The fraction of sp³-hybridized carbons (Fsp3) is 0.471. The minimum Gasteiger partial charge on any atom is -0.481 e. The van der Waals surface area contributed by atoms with Crippen LogP contribution in [0, 0.1) is 23.7 Å². The molecular formula is C17H19ClN2O4. The highest BCUT2D eigenvalue weighted by molar-refractivity contribution is 6.30.